The lowest BCUT2D eigenvalue weighted by atomic mass is 10.2. The minimum absolute atomic E-state index is 0.116. The molecule has 0 spiro atoms. The SMILES string of the molecule is COc1cc(C(=O)OCc2cc(=O)n3ccsc3n2)ccc1OCc1c(C)noc1C. The molecule has 160 valence electrons. The molecule has 4 rings (SSSR count). The number of thiazole rings is 1. The normalized spacial score (nSPS) is 10.9. The van der Waals surface area contributed by atoms with E-state index < -0.39 is 5.97 Å². The number of methoxy groups -OCH3 is 1. The van der Waals surface area contributed by atoms with Gasteiger partial charge >= 0.3 is 5.97 Å². The number of esters is 1. The van der Waals surface area contributed by atoms with Gasteiger partial charge < -0.3 is 18.7 Å². The average Bonchev–Trinajstić information content (AvgIpc) is 3.37. The molecule has 0 aliphatic carbocycles. The van der Waals surface area contributed by atoms with E-state index in [1.807, 2.05) is 13.8 Å². The fourth-order valence-corrected chi connectivity index (χ4v) is 3.69. The van der Waals surface area contributed by atoms with Gasteiger partial charge in [-0.15, -0.1) is 11.3 Å². The highest BCUT2D eigenvalue weighted by atomic mass is 32.1. The summed E-state index contributed by atoms with van der Waals surface area (Å²) in [6.45, 7) is 3.79. The van der Waals surface area contributed by atoms with Gasteiger partial charge in [-0.3, -0.25) is 9.20 Å². The maximum atomic E-state index is 12.5. The van der Waals surface area contributed by atoms with E-state index in [4.69, 9.17) is 18.7 Å². The minimum Gasteiger partial charge on any atom is -0.493 e. The number of aryl methyl sites for hydroxylation is 2. The van der Waals surface area contributed by atoms with Gasteiger partial charge in [0.05, 0.1) is 29.6 Å². The van der Waals surface area contributed by atoms with Gasteiger partial charge in [-0.05, 0) is 32.0 Å². The molecule has 10 heteroatoms. The van der Waals surface area contributed by atoms with Gasteiger partial charge in [-0.2, -0.15) is 0 Å². The maximum absolute atomic E-state index is 12.5. The van der Waals surface area contributed by atoms with Crippen molar-refractivity contribution in [3.63, 3.8) is 0 Å². The number of fused-ring (bicyclic) bond motifs is 1. The number of nitrogens with zero attached hydrogens (tertiary/aromatic N) is 3. The third-order valence-electron chi connectivity index (χ3n) is 4.66. The van der Waals surface area contributed by atoms with Crippen molar-refractivity contribution >= 4 is 22.3 Å². The molecule has 0 radical (unpaired) electrons. The first kappa shape index (κ1) is 20.6. The highest BCUT2D eigenvalue weighted by molar-refractivity contribution is 7.15. The number of hydrogen-bond acceptors (Lipinski definition) is 9. The van der Waals surface area contributed by atoms with Crippen LogP contribution in [0.5, 0.6) is 11.5 Å². The lowest BCUT2D eigenvalue weighted by Gasteiger charge is -2.12. The van der Waals surface area contributed by atoms with Crippen LogP contribution >= 0.6 is 11.3 Å². The highest BCUT2D eigenvalue weighted by Crippen LogP contribution is 2.30. The Labute approximate surface area is 180 Å². The Morgan fingerprint density at radius 1 is 1.19 bits per heavy atom. The average molecular weight is 441 g/mol. The molecule has 0 amide bonds. The Hall–Kier alpha value is -3.66. The van der Waals surface area contributed by atoms with Crippen molar-refractivity contribution in [2.45, 2.75) is 27.1 Å². The van der Waals surface area contributed by atoms with Gasteiger partial charge in [0, 0.05) is 17.6 Å². The molecule has 0 aliphatic rings. The van der Waals surface area contributed by atoms with Crippen LogP contribution in [0.4, 0.5) is 0 Å². The summed E-state index contributed by atoms with van der Waals surface area (Å²) < 4.78 is 23.1. The fourth-order valence-electron chi connectivity index (χ4n) is 2.96. The second-order valence-corrected chi connectivity index (χ2v) is 7.55. The Balaban J connectivity index is 1.44. The van der Waals surface area contributed by atoms with Crippen molar-refractivity contribution < 1.29 is 23.5 Å². The van der Waals surface area contributed by atoms with Crippen molar-refractivity contribution in [2.24, 2.45) is 0 Å². The zero-order valence-corrected chi connectivity index (χ0v) is 17.9. The molecule has 0 saturated heterocycles. The van der Waals surface area contributed by atoms with Crippen LogP contribution in [0.15, 0.2) is 45.2 Å². The van der Waals surface area contributed by atoms with Gasteiger partial charge in [-0.25, -0.2) is 9.78 Å². The van der Waals surface area contributed by atoms with E-state index in [-0.39, 0.29) is 24.3 Å². The number of carbonyl (C=O) groups is 1. The number of benzene rings is 1. The first-order valence-electron chi connectivity index (χ1n) is 9.31. The summed E-state index contributed by atoms with van der Waals surface area (Å²) in [6, 6.07) is 6.10. The molecular weight excluding hydrogens is 422 g/mol. The predicted molar refractivity (Wildman–Crippen MR) is 112 cm³/mol. The molecule has 0 N–H and O–H groups in total. The smallest absolute Gasteiger partial charge is 0.338 e. The summed E-state index contributed by atoms with van der Waals surface area (Å²) in [5.74, 6) is 0.976. The third-order valence-corrected chi connectivity index (χ3v) is 5.42. The largest absolute Gasteiger partial charge is 0.493 e. The van der Waals surface area contributed by atoms with Crippen LogP contribution in [0.2, 0.25) is 0 Å². The lowest BCUT2D eigenvalue weighted by molar-refractivity contribution is 0.0467. The molecule has 31 heavy (non-hydrogen) atoms. The Morgan fingerprint density at radius 3 is 2.77 bits per heavy atom. The summed E-state index contributed by atoms with van der Waals surface area (Å²) in [4.78, 5) is 29.4. The molecule has 0 unspecified atom stereocenters. The van der Waals surface area contributed by atoms with Crippen LogP contribution in [0.25, 0.3) is 4.96 Å². The van der Waals surface area contributed by atoms with Crippen molar-refractivity contribution in [3.8, 4) is 11.5 Å². The van der Waals surface area contributed by atoms with Crippen molar-refractivity contribution in [3.05, 3.63) is 74.5 Å². The van der Waals surface area contributed by atoms with Crippen molar-refractivity contribution in [2.75, 3.05) is 7.11 Å². The fraction of sp³-hybridized carbons (Fsp3) is 0.238. The quantitative estimate of drug-likeness (QED) is 0.402. The number of rotatable bonds is 7. The molecule has 4 aromatic rings. The lowest BCUT2D eigenvalue weighted by Crippen LogP contribution is -2.14. The van der Waals surface area contributed by atoms with Gasteiger partial charge in [0.25, 0.3) is 5.56 Å². The molecule has 0 bridgehead atoms. The molecule has 1 aromatic carbocycles. The summed E-state index contributed by atoms with van der Waals surface area (Å²) in [7, 11) is 1.49. The minimum atomic E-state index is -0.566. The zero-order valence-electron chi connectivity index (χ0n) is 17.1. The van der Waals surface area contributed by atoms with Crippen LogP contribution in [0.1, 0.15) is 33.1 Å². The van der Waals surface area contributed by atoms with E-state index in [1.54, 1.807) is 23.7 Å². The molecule has 0 saturated carbocycles. The second-order valence-electron chi connectivity index (χ2n) is 6.67. The topological polar surface area (TPSA) is 105 Å². The number of aromatic nitrogens is 3. The van der Waals surface area contributed by atoms with E-state index in [1.165, 1.54) is 35.0 Å². The zero-order chi connectivity index (χ0) is 22.0. The summed E-state index contributed by atoms with van der Waals surface area (Å²) in [5.41, 5.74) is 2.06. The predicted octanol–water partition coefficient (Wildman–Crippen LogP) is 3.31. The summed E-state index contributed by atoms with van der Waals surface area (Å²) >= 11 is 1.33. The summed E-state index contributed by atoms with van der Waals surface area (Å²) in [6.07, 6.45) is 1.65. The van der Waals surface area contributed by atoms with Crippen molar-refractivity contribution in [1.29, 1.82) is 0 Å². The Bertz CT molecular complexity index is 1290. The molecule has 3 heterocycles. The van der Waals surface area contributed by atoms with Crippen LogP contribution in [-0.2, 0) is 18.0 Å². The molecular formula is C21H19N3O6S. The Kier molecular flexibility index (Phi) is 5.72. The number of hydrogen-bond donors (Lipinski definition) is 0. The van der Waals surface area contributed by atoms with Crippen molar-refractivity contribution in [1.82, 2.24) is 14.5 Å². The van der Waals surface area contributed by atoms with Crippen LogP contribution in [0, 0.1) is 13.8 Å². The van der Waals surface area contributed by atoms with E-state index in [0.29, 0.717) is 27.9 Å². The second kappa shape index (κ2) is 8.60. The summed E-state index contributed by atoms with van der Waals surface area (Å²) in [5, 5.41) is 5.67. The molecule has 0 aliphatic heterocycles. The van der Waals surface area contributed by atoms with E-state index >= 15 is 0 Å². The van der Waals surface area contributed by atoms with Crippen LogP contribution in [0.3, 0.4) is 0 Å². The Morgan fingerprint density at radius 2 is 2.03 bits per heavy atom. The molecule has 3 aromatic heterocycles. The first-order chi connectivity index (χ1) is 15.0. The molecule has 0 fully saturated rings. The van der Waals surface area contributed by atoms with Gasteiger partial charge in [0.2, 0.25) is 0 Å². The first-order valence-corrected chi connectivity index (χ1v) is 10.2. The maximum Gasteiger partial charge on any atom is 0.338 e. The van der Waals surface area contributed by atoms with Gasteiger partial charge in [0.15, 0.2) is 16.5 Å². The molecule has 0 atom stereocenters. The van der Waals surface area contributed by atoms with E-state index in [9.17, 15) is 9.59 Å². The molecule has 9 nitrogen and oxygen atoms in total. The monoisotopic (exact) mass is 441 g/mol. The van der Waals surface area contributed by atoms with E-state index in [0.717, 1.165) is 11.3 Å². The highest BCUT2D eigenvalue weighted by Gasteiger charge is 2.15. The van der Waals surface area contributed by atoms with Gasteiger partial charge in [0.1, 0.15) is 19.0 Å². The number of carbonyl (C=O) groups excluding carboxylic acids is 1. The van der Waals surface area contributed by atoms with E-state index in [2.05, 4.69) is 10.1 Å². The number of ether oxygens (including phenoxy) is 3. The van der Waals surface area contributed by atoms with Gasteiger partial charge in [-0.1, -0.05) is 5.16 Å². The standard InChI is InChI=1S/C21H19N3O6S/c1-12-16(13(2)30-23-12)11-28-17-5-4-14(8-18(17)27-3)20(26)29-10-15-9-19(25)24-6-7-31-21(24)22-15/h4-9H,10-11H2,1-3H3. The third kappa shape index (κ3) is 4.29. The van der Waals surface area contributed by atoms with Crippen LogP contribution < -0.4 is 15.0 Å². The van der Waals surface area contributed by atoms with Crippen LogP contribution in [-0.4, -0.2) is 27.6 Å².